The second kappa shape index (κ2) is 7.91. The number of nitrogens with zero attached hydrogens (tertiary/aromatic N) is 1. The highest BCUT2D eigenvalue weighted by atomic mass is 16.7. The van der Waals surface area contributed by atoms with Gasteiger partial charge in [0.2, 0.25) is 11.9 Å². The van der Waals surface area contributed by atoms with Crippen molar-refractivity contribution in [3.63, 3.8) is 0 Å². The lowest BCUT2D eigenvalue weighted by atomic mass is 10.3. The molecule has 0 aliphatic carbocycles. The second-order valence-corrected chi connectivity index (χ2v) is 3.40. The molecule has 7 nitrogen and oxygen atoms in total. The minimum atomic E-state index is -1.08. The smallest absolute Gasteiger partial charge is 0.377 e. The van der Waals surface area contributed by atoms with Crippen molar-refractivity contribution in [3.05, 3.63) is 18.0 Å². The predicted molar refractivity (Wildman–Crippen MR) is 62.4 cm³/mol. The zero-order chi connectivity index (χ0) is 15.0. The van der Waals surface area contributed by atoms with Crippen molar-refractivity contribution in [2.24, 2.45) is 0 Å². The van der Waals surface area contributed by atoms with Crippen molar-refractivity contribution in [2.45, 2.75) is 20.8 Å². The summed E-state index contributed by atoms with van der Waals surface area (Å²) in [7, 11) is 3.08. The van der Waals surface area contributed by atoms with Crippen LogP contribution in [0.1, 0.15) is 19.5 Å². The molecular formula is C12H17NO6. The van der Waals surface area contributed by atoms with Crippen molar-refractivity contribution in [2.75, 3.05) is 14.2 Å². The molecule has 106 valence electrons. The maximum Gasteiger partial charge on any atom is 0.377 e. The third-order valence-corrected chi connectivity index (χ3v) is 1.90. The van der Waals surface area contributed by atoms with Gasteiger partial charge >= 0.3 is 5.97 Å². The Morgan fingerprint density at radius 2 is 1.74 bits per heavy atom. The highest BCUT2D eigenvalue weighted by Crippen LogP contribution is 2.26. The van der Waals surface area contributed by atoms with Gasteiger partial charge in [-0.25, -0.2) is 4.79 Å². The van der Waals surface area contributed by atoms with E-state index in [1.54, 1.807) is 26.3 Å². The molecule has 0 unspecified atom stereocenters. The van der Waals surface area contributed by atoms with Gasteiger partial charge in [-0.2, -0.15) is 4.84 Å². The maximum atomic E-state index is 10.8. The molecule has 0 saturated carbocycles. The Kier molecular flexibility index (Phi) is 6.95. The minimum absolute atomic E-state index is 0.393. The summed E-state index contributed by atoms with van der Waals surface area (Å²) >= 11 is 0. The standard InChI is InChI=1S/C10H14NO4.C2H4O2/c1-7-10(14-4)9(13-3)5-6-11(7)15-8(2)12;1-2(3)4/h5-6H,1-4H3;1H3,(H,3,4)/q+1;/p-1. The van der Waals surface area contributed by atoms with Gasteiger partial charge in [0.1, 0.15) is 0 Å². The van der Waals surface area contributed by atoms with Crippen LogP contribution >= 0.6 is 0 Å². The summed E-state index contributed by atoms with van der Waals surface area (Å²) in [5, 5.41) is 8.89. The molecule has 0 spiro atoms. The molecule has 7 heteroatoms. The van der Waals surface area contributed by atoms with Crippen LogP contribution in [0.25, 0.3) is 0 Å². The van der Waals surface area contributed by atoms with E-state index in [0.29, 0.717) is 17.2 Å². The Bertz CT molecular complexity index is 454. The number of ether oxygens (including phenoxy) is 2. The summed E-state index contributed by atoms with van der Waals surface area (Å²) < 4.78 is 11.6. The summed E-state index contributed by atoms with van der Waals surface area (Å²) in [6, 6.07) is 1.66. The molecule has 19 heavy (non-hydrogen) atoms. The van der Waals surface area contributed by atoms with E-state index < -0.39 is 11.9 Å². The molecule has 0 aliphatic heterocycles. The van der Waals surface area contributed by atoms with Crippen LogP contribution in [0.5, 0.6) is 11.5 Å². The summed E-state index contributed by atoms with van der Waals surface area (Å²) in [4.78, 5) is 24.6. The first-order chi connectivity index (χ1) is 8.83. The van der Waals surface area contributed by atoms with Gasteiger partial charge in [-0.15, -0.1) is 0 Å². The monoisotopic (exact) mass is 271 g/mol. The van der Waals surface area contributed by atoms with Crippen molar-refractivity contribution >= 4 is 11.9 Å². The zero-order valence-electron chi connectivity index (χ0n) is 11.6. The van der Waals surface area contributed by atoms with E-state index in [-0.39, 0.29) is 0 Å². The van der Waals surface area contributed by atoms with Crippen molar-refractivity contribution in [3.8, 4) is 11.5 Å². The van der Waals surface area contributed by atoms with Crippen LogP contribution in [0.3, 0.4) is 0 Å². The Morgan fingerprint density at radius 3 is 2.11 bits per heavy atom. The molecule has 1 aromatic heterocycles. The maximum absolute atomic E-state index is 10.8. The lowest BCUT2D eigenvalue weighted by Crippen LogP contribution is -2.47. The molecule has 0 bridgehead atoms. The van der Waals surface area contributed by atoms with E-state index in [9.17, 15) is 4.79 Å². The number of carboxylic acid groups (broad SMARTS) is 1. The van der Waals surface area contributed by atoms with Crippen LogP contribution in [0.4, 0.5) is 0 Å². The van der Waals surface area contributed by atoms with Gasteiger partial charge in [-0.05, 0) is 6.92 Å². The summed E-state index contributed by atoms with van der Waals surface area (Å²) in [5.41, 5.74) is 0.659. The van der Waals surface area contributed by atoms with Gasteiger partial charge in [0.25, 0.3) is 5.69 Å². The number of aromatic nitrogens is 1. The number of aliphatic carboxylic acids is 1. The van der Waals surface area contributed by atoms with Crippen molar-refractivity contribution in [1.82, 2.24) is 0 Å². The van der Waals surface area contributed by atoms with Crippen LogP contribution in [0.2, 0.25) is 0 Å². The number of hydrogen-bond donors (Lipinski definition) is 0. The quantitative estimate of drug-likeness (QED) is 0.657. The fourth-order valence-corrected chi connectivity index (χ4v) is 1.25. The molecule has 0 fully saturated rings. The molecule has 0 N–H and O–H groups in total. The molecule has 0 aromatic carbocycles. The minimum Gasteiger partial charge on any atom is -0.550 e. The van der Waals surface area contributed by atoms with Crippen LogP contribution < -0.4 is 24.1 Å². The van der Waals surface area contributed by atoms with E-state index in [1.807, 2.05) is 0 Å². The number of pyridine rings is 1. The topological polar surface area (TPSA) is 88.8 Å². The second-order valence-electron chi connectivity index (χ2n) is 3.40. The fourth-order valence-electron chi connectivity index (χ4n) is 1.25. The summed E-state index contributed by atoms with van der Waals surface area (Å²) in [6.45, 7) is 4.08. The molecule has 1 aromatic rings. The molecule has 0 atom stereocenters. The average Bonchev–Trinajstić information content (AvgIpc) is 2.30. The highest BCUT2D eigenvalue weighted by molar-refractivity contribution is 5.65. The average molecular weight is 271 g/mol. The number of carbonyl (C=O) groups is 2. The van der Waals surface area contributed by atoms with Gasteiger partial charge in [-0.3, -0.25) is 0 Å². The Morgan fingerprint density at radius 1 is 1.21 bits per heavy atom. The lowest BCUT2D eigenvalue weighted by Gasteiger charge is -2.07. The van der Waals surface area contributed by atoms with Crippen LogP contribution in [0, 0.1) is 6.92 Å². The first kappa shape index (κ1) is 16.7. The first-order valence-electron chi connectivity index (χ1n) is 5.33. The highest BCUT2D eigenvalue weighted by Gasteiger charge is 2.20. The molecular weight excluding hydrogens is 254 g/mol. The fraction of sp³-hybridized carbons (Fsp3) is 0.417. The third-order valence-electron chi connectivity index (χ3n) is 1.90. The van der Waals surface area contributed by atoms with Gasteiger partial charge < -0.3 is 19.4 Å². The molecule has 0 aliphatic rings. The number of rotatable bonds is 3. The molecule has 1 heterocycles. The van der Waals surface area contributed by atoms with Crippen molar-refractivity contribution < 1.29 is 33.7 Å². The normalized spacial score (nSPS) is 8.89. The lowest BCUT2D eigenvalue weighted by molar-refractivity contribution is -0.873. The molecule has 1 rings (SSSR count). The van der Waals surface area contributed by atoms with E-state index in [1.165, 1.54) is 18.8 Å². The number of hydrogen-bond acceptors (Lipinski definition) is 6. The third kappa shape index (κ3) is 5.71. The molecule has 0 radical (unpaired) electrons. The van der Waals surface area contributed by atoms with Gasteiger partial charge in [-0.1, -0.05) is 0 Å². The van der Waals surface area contributed by atoms with Crippen LogP contribution in [-0.4, -0.2) is 26.2 Å². The number of methoxy groups -OCH3 is 2. The first-order valence-corrected chi connectivity index (χ1v) is 5.33. The molecule has 0 amide bonds. The van der Waals surface area contributed by atoms with Crippen LogP contribution in [0.15, 0.2) is 12.3 Å². The van der Waals surface area contributed by atoms with E-state index in [0.717, 1.165) is 6.92 Å². The van der Waals surface area contributed by atoms with Gasteiger partial charge in [0.15, 0.2) is 5.75 Å². The summed E-state index contributed by atoms with van der Waals surface area (Å²) in [5.74, 6) is -0.338. The SMILES string of the molecule is CC(=O)[O-].COc1cc[n+](OC(C)=O)c(C)c1OC. The van der Waals surface area contributed by atoms with Crippen molar-refractivity contribution in [1.29, 1.82) is 0 Å². The van der Waals surface area contributed by atoms with Gasteiger partial charge in [0.05, 0.1) is 20.3 Å². The Labute approximate surface area is 111 Å². The number of carboxylic acids is 1. The summed E-state index contributed by atoms with van der Waals surface area (Å²) in [6.07, 6.45) is 1.60. The Balaban J connectivity index is 0.000000711. The van der Waals surface area contributed by atoms with Crippen LogP contribution in [-0.2, 0) is 9.59 Å². The largest absolute Gasteiger partial charge is 0.550 e. The Hall–Kier alpha value is -2.31. The molecule has 0 saturated heterocycles. The zero-order valence-corrected chi connectivity index (χ0v) is 11.6. The number of carbonyl (C=O) groups excluding carboxylic acids is 2. The van der Waals surface area contributed by atoms with E-state index >= 15 is 0 Å². The van der Waals surface area contributed by atoms with Gasteiger partial charge in [0, 0.05) is 24.5 Å². The predicted octanol–water partition coefficient (Wildman–Crippen LogP) is -0.969. The van der Waals surface area contributed by atoms with E-state index in [4.69, 9.17) is 24.2 Å². The van der Waals surface area contributed by atoms with E-state index in [2.05, 4.69) is 0 Å².